The highest BCUT2D eigenvalue weighted by Gasteiger charge is 2.31. The highest BCUT2D eigenvalue weighted by Crippen LogP contribution is 2.33. The average molecular weight is 451 g/mol. The smallest absolute Gasteiger partial charge is 0.267 e. The van der Waals surface area contributed by atoms with Crippen molar-refractivity contribution >= 4 is 34.8 Å². The number of fused-ring (bicyclic) bond motifs is 1. The zero-order chi connectivity index (χ0) is 23.5. The summed E-state index contributed by atoms with van der Waals surface area (Å²) >= 11 is 0. The molecule has 33 heavy (non-hydrogen) atoms. The second-order valence-electron chi connectivity index (χ2n) is 7.56. The van der Waals surface area contributed by atoms with E-state index in [2.05, 4.69) is 10.6 Å². The van der Waals surface area contributed by atoms with Crippen molar-refractivity contribution in [3.8, 4) is 5.75 Å². The van der Waals surface area contributed by atoms with Gasteiger partial charge >= 0.3 is 0 Å². The molecule has 8 nitrogen and oxygen atoms in total. The van der Waals surface area contributed by atoms with Crippen LogP contribution >= 0.6 is 0 Å². The van der Waals surface area contributed by atoms with E-state index in [1.165, 1.54) is 29.4 Å². The number of halogens is 1. The van der Waals surface area contributed by atoms with Crippen LogP contribution in [-0.4, -0.2) is 30.4 Å². The lowest BCUT2D eigenvalue weighted by Gasteiger charge is -2.32. The summed E-state index contributed by atoms with van der Waals surface area (Å²) in [5.74, 6) is -0.784. The third kappa shape index (κ3) is 4.72. The molecule has 0 bridgehead atoms. The van der Waals surface area contributed by atoms with Crippen molar-refractivity contribution in [1.29, 1.82) is 0 Å². The van der Waals surface area contributed by atoms with Crippen molar-refractivity contribution in [2.24, 2.45) is 0 Å². The van der Waals surface area contributed by atoms with Gasteiger partial charge in [-0.3, -0.25) is 14.4 Å². The topological polar surface area (TPSA) is 101 Å². The van der Waals surface area contributed by atoms with E-state index < -0.39 is 17.8 Å². The van der Waals surface area contributed by atoms with Gasteiger partial charge in [-0.25, -0.2) is 4.39 Å². The van der Waals surface area contributed by atoms with Gasteiger partial charge in [-0.15, -0.1) is 0 Å². The largest absolute Gasteiger partial charge is 0.479 e. The molecule has 1 atom stereocenters. The van der Waals surface area contributed by atoms with Gasteiger partial charge in [-0.1, -0.05) is 12.1 Å². The van der Waals surface area contributed by atoms with E-state index in [1.807, 2.05) is 6.07 Å². The standard InChI is InChI=1S/C24H22FN3O5/c1-14-17(10-12-32-14)23(30)27-19-13-16(7-8-18(19)25)26-22(29)9-11-28-20-5-3-4-6-21(20)33-15(2)24(28)31/h3-8,10,12-13,15H,9,11H2,1-2H3,(H,26,29)(H,27,30). The third-order valence-electron chi connectivity index (χ3n) is 5.24. The van der Waals surface area contributed by atoms with Gasteiger partial charge in [0.2, 0.25) is 5.91 Å². The summed E-state index contributed by atoms with van der Waals surface area (Å²) in [5.41, 5.74) is 1.12. The van der Waals surface area contributed by atoms with Crippen LogP contribution in [0.1, 0.15) is 29.5 Å². The molecule has 1 aromatic heterocycles. The van der Waals surface area contributed by atoms with E-state index in [1.54, 1.807) is 32.0 Å². The van der Waals surface area contributed by atoms with Gasteiger partial charge < -0.3 is 24.7 Å². The van der Waals surface area contributed by atoms with E-state index in [4.69, 9.17) is 9.15 Å². The summed E-state index contributed by atoms with van der Waals surface area (Å²) in [5, 5.41) is 5.15. The summed E-state index contributed by atoms with van der Waals surface area (Å²) in [6.07, 6.45) is 0.737. The van der Waals surface area contributed by atoms with Gasteiger partial charge in [-0.2, -0.15) is 0 Å². The number of amides is 3. The van der Waals surface area contributed by atoms with Crippen molar-refractivity contribution in [2.75, 3.05) is 22.1 Å². The number of carbonyl (C=O) groups excluding carboxylic acids is 3. The van der Waals surface area contributed by atoms with Gasteiger partial charge in [0, 0.05) is 18.7 Å². The minimum absolute atomic E-state index is 0.0140. The number of carbonyl (C=O) groups is 3. The number of nitrogens with zero attached hydrogens (tertiary/aromatic N) is 1. The molecular weight excluding hydrogens is 429 g/mol. The fourth-order valence-corrected chi connectivity index (χ4v) is 3.54. The van der Waals surface area contributed by atoms with E-state index in [0.29, 0.717) is 22.9 Å². The van der Waals surface area contributed by atoms with Crippen LogP contribution in [-0.2, 0) is 9.59 Å². The molecule has 3 amide bonds. The summed E-state index contributed by atoms with van der Waals surface area (Å²) in [4.78, 5) is 38.9. The van der Waals surface area contributed by atoms with Crippen molar-refractivity contribution in [3.63, 3.8) is 0 Å². The molecule has 0 spiro atoms. The van der Waals surface area contributed by atoms with Crippen molar-refractivity contribution in [3.05, 3.63) is 71.9 Å². The molecule has 2 heterocycles. The number of hydrogen-bond acceptors (Lipinski definition) is 5. The van der Waals surface area contributed by atoms with Crippen molar-refractivity contribution < 1.29 is 27.9 Å². The van der Waals surface area contributed by atoms with E-state index in [-0.39, 0.29) is 36.0 Å². The monoisotopic (exact) mass is 451 g/mol. The Labute approximate surface area is 189 Å². The summed E-state index contributed by atoms with van der Waals surface area (Å²) in [6, 6.07) is 12.5. The van der Waals surface area contributed by atoms with E-state index in [0.717, 1.165) is 6.07 Å². The first-order valence-electron chi connectivity index (χ1n) is 10.4. The summed E-state index contributed by atoms with van der Waals surface area (Å²) in [7, 11) is 0. The van der Waals surface area contributed by atoms with Gasteiger partial charge in [-0.05, 0) is 50.2 Å². The lowest BCUT2D eigenvalue weighted by atomic mass is 10.1. The van der Waals surface area contributed by atoms with Crippen LogP contribution < -0.4 is 20.3 Å². The normalized spacial score (nSPS) is 14.9. The molecular formula is C24H22FN3O5. The first-order valence-corrected chi connectivity index (χ1v) is 10.4. The number of ether oxygens (including phenoxy) is 1. The maximum Gasteiger partial charge on any atom is 0.267 e. The molecule has 4 rings (SSSR count). The molecule has 3 aromatic rings. The highest BCUT2D eigenvalue weighted by molar-refractivity contribution is 6.05. The minimum Gasteiger partial charge on any atom is -0.479 e. The number of rotatable bonds is 6. The molecule has 2 aromatic carbocycles. The molecule has 9 heteroatoms. The Hall–Kier alpha value is -4.14. The Morgan fingerprint density at radius 1 is 1.12 bits per heavy atom. The van der Waals surface area contributed by atoms with Crippen LogP contribution in [0.2, 0.25) is 0 Å². The quantitative estimate of drug-likeness (QED) is 0.587. The molecule has 0 saturated heterocycles. The first kappa shape index (κ1) is 22.1. The lowest BCUT2D eigenvalue weighted by Crippen LogP contribution is -2.45. The van der Waals surface area contributed by atoms with Crippen LogP contribution in [0.15, 0.2) is 59.2 Å². The fraction of sp³-hybridized carbons (Fsp3) is 0.208. The fourth-order valence-electron chi connectivity index (χ4n) is 3.54. The maximum absolute atomic E-state index is 14.2. The number of nitrogens with one attached hydrogen (secondary N) is 2. The summed E-state index contributed by atoms with van der Waals surface area (Å²) in [6.45, 7) is 3.44. The molecule has 170 valence electrons. The van der Waals surface area contributed by atoms with E-state index >= 15 is 0 Å². The second kappa shape index (κ2) is 9.15. The average Bonchev–Trinajstić information content (AvgIpc) is 3.22. The molecule has 0 aliphatic carbocycles. The maximum atomic E-state index is 14.2. The number of anilines is 3. The van der Waals surface area contributed by atoms with Crippen molar-refractivity contribution in [2.45, 2.75) is 26.4 Å². The summed E-state index contributed by atoms with van der Waals surface area (Å²) < 4.78 is 24.9. The van der Waals surface area contributed by atoms with Gasteiger partial charge in [0.1, 0.15) is 17.3 Å². The third-order valence-corrected chi connectivity index (χ3v) is 5.24. The first-order chi connectivity index (χ1) is 15.8. The van der Waals surface area contributed by atoms with Crippen molar-refractivity contribution in [1.82, 2.24) is 0 Å². The Balaban J connectivity index is 1.41. The number of aryl methyl sites for hydroxylation is 1. The molecule has 1 aliphatic heterocycles. The number of para-hydroxylation sites is 2. The number of furan rings is 1. The van der Waals surface area contributed by atoms with Gasteiger partial charge in [0.15, 0.2) is 6.10 Å². The predicted molar refractivity (Wildman–Crippen MR) is 120 cm³/mol. The second-order valence-corrected chi connectivity index (χ2v) is 7.56. The van der Waals surface area contributed by atoms with Crippen LogP contribution in [0.3, 0.4) is 0 Å². The molecule has 1 unspecified atom stereocenters. The zero-order valence-corrected chi connectivity index (χ0v) is 18.1. The Bertz CT molecular complexity index is 1220. The van der Waals surface area contributed by atoms with Crippen LogP contribution in [0, 0.1) is 12.7 Å². The molecule has 2 N–H and O–H groups in total. The number of hydrogen-bond donors (Lipinski definition) is 2. The number of benzene rings is 2. The molecule has 0 radical (unpaired) electrons. The Morgan fingerprint density at radius 3 is 2.67 bits per heavy atom. The SMILES string of the molecule is Cc1occc1C(=O)Nc1cc(NC(=O)CCN2C(=O)C(C)Oc3ccccc32)ccc1F. The van der Waals surface area contributed by atoms with Crippen LogP contribution in [0.5, 0.6) is 5.75 Å². The molecule has 1 aliphatic rings. The minimum atomic E-state index is -0.648. The highest BCUT2D eigenvalue weighted by atomic mass is 19.1. The van der Waals surface area contributed by atoms with E-state index in [9.17, 15) is 18.8 Å². The lowest BCUT2D eigenvalue weighted by molar-refractivity contribution is -0.125. The predicted octanol–water partition coefficient (Wildman–Crippen LogP) is 4.12. The van der Waals surface area contributed by atoms with Crippen LogP contribution in [0.25, 0.3) is 0 Å². The Kier molecular flexibility index (Phi) is 6.12. The van der Waals surface area contributed by atoms with Crippen LogP contribution in [0.4, 0.5) is 21.5 Å². The van der Waals surface area contributed by atoms with Gasteiger partial charge in [0.25, 0.3) is 11.8 Å². The molecule has 0 saturated carbocycles. The zero-order valence-electron chi connectivity index (χ0n) is 18.1. The van der Waals surface area contributed by atoms with Gasteiger partial charge in [0.05, 0.1) is 23.2 Å². The molecule has 0 fully saturated rings. The Morgan fingerprint density at radius 2 is 1.91 bits per heavy atom.